The van der Waals surface area contributed by atoms with Crippen molar-refractivity contribution in [3.05, 3.63) is 66.2 Å². The summed E-state index contributed by atoms with van der Waals surface area (Å²) in [4.78, 5) is 53.5. The third-order valence-corrected chi connectivity index (χ3v) is 3.91. The first-order valence-corrected chi connectivity index (χ1v) is 9.59. The van der Waals surface area contributed by atoms with Gasteiger partial charge in [0.05, 0.1) is 15.4 Å². The number of pyridine rings is 2. The van der Waals surface area contributed by atoms with Crippen molar-refractivity contribution in [2.24, 2.45) is 0 Å². The van der Waals surface area contributed by atoms with Crippen molar-refractivity contribution in [2.45, 2.75) is 34.3 Å². The number of aryl methyl sites for hydroxylation is 1. The van der Waals surface area contributed by atoms with Crippen molar-refractivity contribution in [3.8, 4) is 0 Å². The highest BCUT2D eigenvalue weighted by Crippen LogP contribution is 2.26. The number of carbonyl (C=O) groups is 3. The van der Waals surface area contributed by atoms with Crippen LogP contribution in [0.5, 0.6) is 0 Å². The predicted octanol–water partition coefficient (Wildman–Crippen LogP) is 2.88. The molecule has 0 unspecified atom stereocenters. The molecule has 16 heteroatoms. The fourth-order valence-electron chi connectivity index (χ4n) is 1.97. The van der Waals surface area contributed by atoms with Crippen LogP contribution in [0.1, 0.15) is 31.9 Å². The first-order chi connectivity index (χ1) is 15.7. The molecule has 34 heavy (non-hydrogen) atoms. The number of nitro groups is 2. The number of hydrogen-bond donors (Lipinski definition) is 1. The number of halogens is 2. The summed E-state index contributed by atoms with van der Waals surface area (Å²) in [5.41, 5.74) is 0.0209. The molecule has 14 nitrogen and oxygen atoms in total. The third-order valence-electron chi connectivity index (χ3n) is 3.28. The van der Waals surface area contributed by atoms with Crippen LogP contribution in [0.2, 0.25) is 10.3 Å². The number of hydrogen-bond acceptors (Lipinski definition) is 11. The smallest absolute Gasteiger partial charge is 0.402 e. The van der Waals surface area contributed by atoms with Gasteiger partial charge in [0.15, 0.2) is 0 Å². The Balaban J connectivity index is 0.000000514. The van der Waals surface area contributed by atoms with E-state index < -0.39 is 27.8 Å². The van der Waals surface area contributed by atoms with Gasteiger partial charge in [-0.3, -0.25) is 39.8 Å². The van der Waals surface area contributed by atoms with Crippen LogP contribution in [0.4, 0.5) is 11.4 Å². The molecule has 0 aromatic carbocycles. The number of rotatable bonds is 4. The third kappa shape index (κ3) is 10.6. The summed E-state index contributed by atoms with van der Waals surface area (Å²) in [6.07, 6.45) is 2.55. The number of ether oxygens (including phenoxy) is 2. The molecule has 0 bridgehead atoms. The van der Waals surface area contributed by atoms with Gasteiger partial charge >= 0.3 is 34.4 Å². The molecule has 0 radical (unpaired) electrons. The normalized spacial score (nSPS) is 9.35. The minimum absolute atomic E-state index is 0.187. The van der Waals surface area contributed by atoms with Crippen LogP contribution in [-0.2, 0) is 30.5 Å². The molecule has 0 fully saturated rings. The van der Waals surface area contributed by atoms with Crippen molar-refractivity contribution < 1.29 is 43.6 Å². The van der Waals surface area contributed by atoms with Crippen LogP contribution in [0.3, 0.4) is 0 Å². The number of aromatic nitrogens is 2. The summed E-state index contributed by atoms with van der Waals surface area (Å²) in [7, 11) is 0. The topological polar surface area (TPSA) is 193 Å². The van der Waals surface area contributed by atoms with Crippen molar-refractivity contribution in [2.75, 3.05) is 0 Å². The van der Waals surface area contributed by atoms with Crippen LogP contribution < -0.4 is 4.73 Å². The van der Waals surface area contributed by atoms with Gasteiger partial charge in [-0.2, -0.15) is 0 Å². The van der Waals surface area contributed by atoms with Gasteiger partial charge in [0.1, 0.15) is 6.61 Å². The van der Waals surface area contributed by atoms with E-state index in [9.17, 15) is 34.6 Å². The second-order valence-electron chi connectivity index (χ2n) is 5.97. The van der Waals surface area contributed by atoms with Gasteiger partial charge in [-0.05, 0) is 13.0 Å². The lowest BCUT2D eigenvalue weighted by atomic mass is 10.2. The Labute approximate surface area is 201 Å². The van der Waals surface area contributed by atoms with Gasteiger partial charge in [0.2, 0.25) is 11.3 Å². The molecule has 2 heterocycles. The monoisotopic (exact) mass is 521 g/mol. The fraction of sp³-hybridized carbons (Fsp3) is 0.278. The molecular formula is C18H19Cl2N4O10+. The fourth-order valence-corrected chi connectivity index (χ4v) is 2.49. The molecule has 0 atom stereocenters. The van der Waals surface area contributed by atoms with Crippen molar-refractivity contribution >= 4 is 52.5 Å². The Morgan fingerprint density at radius 1 is 1.03 bits per heavy atom. The average molecular weight is 522 g/mol. The summed E-state index contributed by atoms with van der Waals surface area (Å²) in [6, 6.07) is 2.79. The number of esters is 3. The second-order valence-corrected chi connectivity index (χ2v) is 6.69. The lowest BCUT2D eigenvalue weighted by Crippen LogP contribution is -2.31. The Hall–Kier alpha value is -3.91. The van der Waals surface area contributed by atoms with Gasteiger partial charge in [-0.15, -0.1) is 0 Å². The van der Waals surface area contributed by atoms with Crippen LogP contribution in [-0.4, -0.2) is 37.9 Å². The molecule has 0 saturated heterocycles. The largest absolute Gasteiger partial charge is 0.461 e. The van der Waals surface area contributed by atoms with E-state index in [1.807, 2.05) is 0 Å². The standard InChI is InChI=1S/C8H7ClN2O4.C6H6ClN2O3.C4H6O3/c1-5(12)15-4-6-2-3-10-8(9)7(6)11(13)14;1-4-2-3-8(10)6(7)5(4)9(11)12;1-3(5)7-4(2)6/h2-3H,4H2,1H3;2-3,10H,1H3;1-2H3/q;+1;. The average Bonchev–Trinajstić information content (AvgIpc) is 2.69. The van der Waals surface area contributed by atoms with Crippen molar-refractivity contribution in [1.29, 1.82) is 0 Å². The minimum Gasteiger partial charge on any atom is -0.461 e. The van der Waals surface area contributed by atoms with Crippen LogP contribution in [0.15, 0.2) is 24.5 Å². The van der Waals surface area contributed by atoms with Gasteiger partial charge in [0, 0.05) is 54.9 Å². The van der Waals surface area contributed by atoms with E-state index in [1.165, 1.54) is 45.3 Å². The van der Waals surface area contributed by atoms with Crippen LogP contribution >= 0.6 is 23.2 Å². The van der Waals surface area contributed by atoms with Crippen molar-refractivity contribution in [3.63, 3.8) is 0 Å². The molecular weight excluding hydrogens is 503 g/mol. The summed E-state index contributed by atoms with van der Waals surface area (Å²) >= 11 is 11.0. The predicted molar refractivity (Wildman–Crippen MR) is 114 cm³/mol. The molecule has 0 spiro atoms. The zero-order valence-electron chi connectivity index (χ0n) is 18.2. The van der Waals surface area contributed by atoms with E-state index in [-0.39, 0.29) is 33.9 Å². The Bertz CT molecular complexity index is 1080. The maximum atomic E-state index is 10.6. The van der Waals surface area contributed by atoms with Crippen molar-refractivity contribution in [1.82, 2.24) is 4.98 Å². The van der Waals surface area contributed by atoms with E-state index in [0.29, 0.717) is 10.3 Å². The Kier molecular flexibility index (Phi) is 12.6. The molecule has 184 valence electrons. The lowest BCUT2D eigenvalue weighted by molar-refractivity contribution is -0.903. The van der Waals surface area contributed by atoms with Gasteiger partial charge in [-0.1, -0.05) is 11.6 Å². The first kappa shape index (κ1) is 30.1. The van der Waals surface area contributed by atoms with Crippen LogP contribution in [0.25, 0.3) is 0 Å². The van der Waals surface area contributed by atoms with E-state index in [2.05, 4.69) is 14.5 Å². The first-order valence-electron chi connectivity index (χ1n) is 8.83. The van der Waals surface area contributed by atoms with E-state index >= 15 is 0 Å². The Morgan fingerprint density at radius 2 is 1.56 bits per heavy atom. The number of carbonyl (C=O) groups excluding carboxylic acids is 3. The maximum Gasteiger partial charge on any atom is 0.402 e. The molecule has 0 aliphatic carbocycles. The Morgan fingerprint density at radius 3 is 1.94 bits per heavy atom. The van der Waals surface area contributed by atoms with Gasteiger partial charge < -0.3 is 9.47 Å². The SMILES string of the molecule is CC(=O)OC(C)=O.CC(=O)OCc1ccnc(Cl)c1[N+](=O)[O-].Cc1cc[n+](O)c(Cl)c1[N+](=O)[O-]. The zero-order valence-corrected chi connectivity index (χ0v) is 19.7. The molecule has 0 saturated carbocycles. The van der Waals surface area contributed by atoms with E-state index in [1.54, 1.807) is 6.92 Å². The molecule has 0 aliphatic heterocycles. The molecule has 2 rings (SSSR count). The lowest BCUT2D eigenvalue weighted by Gasteiger charge is -2.03. The van der Waals surface area contributed by atoms with Gasteiger partial charge in [0.25, 0.3) is 0 Å². The number of nitrogens with zero attached hydrogens (tertiary/aromatic N) is 4. The summed E-state index contributed by atoms with van der Waals surface area (Å²) in [6.45, 7) is 4.94. The summed E-state index contributed by atoms with van der Waals surface area (Å²) < 4.78 is 9.12. The quantitative estimate of drug-likeness (QED) is 0.118. The van der Waals surface area contributed by atoms with Gasteiger partial charge in [-0.25, -0.2) is 4.98 Å². The highest BCUT2D eigenvalue weighted by molar-refractivity contribution is 6.31. The highest BCUT2D eigenvalue weighted by Gasteiger charge is 2.26. The second kappa shape index (κ2) is 14.3. The molecule has 2 aromatic rings. The minimum atomic E-state index is -0.659. The summed E-state index contributed by atoms with van der Waals surface area (Å²) in [5, 5.41) is 29.5. The van der Waals surface area contributed by atoms with Crippen LogP contribution in [0, 0.1) is 27.2 Å². The highest BCUT2D eigenvalue weighted by atomic mass is 35.5. The molecule has 0 aliphatic rings. The van der Waals surface area contributed by atoms with E-state index in [4.69, 9.17) is 28.4 Å². The maximum absolute atomic E-state index is 10.6. The molecule has 2 aromatic heterocycles. The van der Waals surface area contributed by atoms with E-state index in [0.717, 1.165) is 0 Å². The molecule has 0 amide bonds. The molecule has 1 N–H and O–H groups in total. The summed E-state index contributed by atoms with van der Waals surface area (Å²) in [5.74, 6) is -1.64. The zero-order chi connectivity index (χ0) is 26.6.